The number of anilines is 1. The van der Waals surface area contributed by atoms with Gasteiger partial charge in [-0.05, 0) is 48.5 Å². The molecule has 0 spiro atoms. The second-order valence-corrected chi connectivity index (χ2v) is 7.23. The summed E-state index contributed by atoms with van der Waals surface area (Å²) in [7, 11) is -1.94. The second kappa shape index (κ2) is 8.13. The van der Waals surface area contributed by atoms with Gasteiger partial charge in [0.2, 0.25) is 10.0 Å². The summed E-state index contributed by atoms with van der Waals surface area (Å²) in [6.45, 7) is 4.42. The van der Waals surface area contributed by atoms with E-state index in [1.165, 1.54) is 16.4 Å². The molecule has 0 bridgehead atoms. The zero-order valence-corrected chi connectivity index (χ0v) is 15.3. The molecule has 0 aliphatic rings. The molecule has 2 rings (SSSR count). The van der Waals surface area contributed by atoms with Gasteiger partial charge in [-0.2, -0.15) is 4.31 Å². The van der Waals surface area contributed by atoms with E-state index in [0.717, 1.165) is 0 Å². The van der Waals surface area contributed by atoms with Gasteiger partial charge in [0.15, 0.2) is 0 Å². The zero-order valence-electron chi connectivity index (χ0n) is 14.5. The third-order valence-electron chi connectivity index (χ3n) is 3.81. The maximum atomic E-state index is 12.4. The standard InChI is InChI=1S/C18H22N2O4S/c1-4-20(5-2)25(22,23)17-12-8-15(9-13-17)19-18(21)14-6-10-16(24-3)11-7-14/h6-13H,4-5H2,1-3H3,(H,19,21). The molecule has 25 heavy (non-hydrogen) atoms. The van der Waals surface area contributed by atoms with Crippen LogP contribution in [0.1, 0.15) is 24.2 Å². The van der Waals surface area contributed by atoms with Crippen LogP contribution in [0.4, 0.5) is 5.69 Å². The van der Waals surface area contributed by atoms with Gasteiger partial charge in [0, 0.05) is 24.3 Å². The number of benzene rings is 2. The number of methoxy groups -OCH3 is 1. The molecule has 0 heterocycles. The number of hydrogen-bond donors (Lipinski definition) is 1. The molecule has 0 saturated heterocycles. The Bertz CT molecular complexity index is 811. The highest BCUT2D eigenvalue weighted by Gasteiger charge is 2.21. The molecule has 1 N–H and O–H groups in total. The third kappa shape index (κ3) is 4.37. The summed E-state index contributed by atoms with van der Waals surface area (Å²) in [5.74, 6) is 0.393. The van der Waals surface area contributed by atoms with Crippen LogP contribution >= 0.6 is 0 Å². The van der Waals surface area contributed by atoms with Gasteiger partial charge in [-0.25, -0.2) is 8.42 Å². The monoisotopic (exact) mass is 362 g/mol. The smallest absolute Gasteiger partial charge is 0.255 e. The number of nitrogens with one attached hydrogen (secondary N) is 1. The van der Waals surface area contributed by atoms with Crippen LogP contribution in [0.3, 0.4) is 0 Å². The number of hydrogen-bond acceptors (Lipinski definition) is 4. The molecule has 1 amide bonds. The first kappa shape index (κ1) is 19.0. The van der Waals surface area contributed by atoms with E-state index in [4.69, 9.17) is 4.74 Å². The fraction of sp³-hybridized carbons (Fsp3) is 0.278. The summed E-state index contributed by atoms with van der Waals surface area (Å²) in [5, 5.41) is 2.74. The van der Waals surface area contributed by atoms with Gasteiger partial charge in [-0.15, -0.1) is 0 Å². The summed E-state index contributed by atoms with van der Waals surface area (Å²) in [5.41, 5.74) is 1.01. The molecule has 2 aromatic carbocycles. The maximum Gasteiger partial charge on any atom is 0.255 e. The predicted octanol–water partition coefficient (Wildman–Crippen LogP) is 2.98. The molecule has 7 heteroatoms. The first-order valence-electron chi connectivity index (χ1n) is 7.98. The Morgan fingerprint density at radius 3 is 2.04 bits per heavy atom. The highest BCUT2D eigenvalue weighted by molar-refractivity contribution is 7.89. The molecule has 0 fully saturated rings. The largest absolute Gasteiger partial charge is 0.497 e. The molecule has 6 nitrogen and oxygen atoms in total. The lowest BCUT2D eigenvalue weighted by Crippen LogP contribution is -2.30. The normalized spacial score (nSPS) is 11.4. The number of carbonyl (C=O) groups is 1. The summed E-state index contributed by atoms with van der Waals surface area (Å²) < 4.78 is 31.3. The van der Waals surface area contributed by atoms with E-state index in [1.54, 1.807) is 57.4 Å². The average Bonchev–Trinajstić information content (AvgIpc) is 2.63. The topological polar surface area (TPSA) is 75.7 Å². The molecule has 0 unspecified atom stereocenters. The molecule has 2 aromatic rings. The van der Waals surface area contributed by atoms with Crippen molar-refractivity contribution in [3.63, 3.8) is 0 Å². The Hall–Kier alpha value is -2.38. The molecule has 0 atom stereocenters. The summed E-state index contributed by atoms with van der Waals surface area (Å²) in [6, 6.07) is 12.9. The minimum atomic E-state index is -3.50. The number of nitrogens with zero attached hydrogens (tertiary/aromatic N) is 1. The molecule has 0 saturated carbocycles. The molecule has 0 aromatic heterocycles. The van der Waals surface area contributed by atoms with Crippen LogP contribution in [0.25, 0.3) is 0 Å². The van der Waals surface area contributed by atoms with Gasteiger partial charge in [-0.1, -0.05) is 13.8 Å². The van der Waals surface area contributed by atoms with Crippen molar-refractivity contribution in [1.82, 2.24) is 4.31 Å². The van der Waals surface area contributed by atoms with Gasteiger partial charge in [0.05, 0.1) is 12.0 Å². The molecule has 0 aliphatic carbocycles. The van der Waals surface area contributed by atoms with Gasteiger partial charge in [0.25, 0.3) is 5.91 Å². The van der Waals surface area contributed by atoms with Crippen molar-refractivity contribution >= 4 is 21.6 Å². The lowest BCUT2D eigenvalue weighted by atomic mass is 10.2. The van der Waals surface area contributed by atoms with Crippen molar-refractivity contribution < 1.29 is 17.9 Å². The van der Waals surface area contributed by atoms with E-state index in [0.29, 0.717) is 30.1 Å². The second-order valence-electron chi connectivity index (χ2n) is 5.30. The molecular formula is C18H22N2O4S. The lowest BCUT2D eigenvalue weighted by Gasteiger charge is -2.18. The third-order valence-corrected chi connectivity index (χ3v) is 5.87. The number of carbonyl (C=O) groups excluding carboxylic acids is 1. The summed E-state index contributed by atoms with van der Waals surface area (Å²) in [4.78, 5) is 12.4. The quantitative estimate of drug-likeness (QED) is 0.822. The van der Waals surface area contributed by atoms with E-state index in [-0.39, 0.29) is 10.8 Å². The maximum absolute atomic E-state index is 12.4. The number of rotatable bonds is 7. The number of amides is 1. The van der Waals surface area contributed by atoms with E-state index in [1.807, 2.05) is 0 Å². The first-order valence-corrected chi connectivity index (χ1v) is 9.42. The van der Waals surface area contributed by atoms with Crippen molar-refractivity contribution in [2.24, 2.45) is 0 Å². The highest BCUT2D eigenvalue weighted by atomic mass is 32.2. The first-order chi connectivity index (χ1) is 11.9. The molecule has 0 radical (unpaired) electrons. The minimum absolute atomic E-state index is 0.207. The van der Waals surface area contributed by atoms with Crippen LogP contribution in [0, 0.1) is 0 Å². The molecule has 134 valence electrons. The van der Waals surface area contributed by atoms with E-state index >= 15 is 0 Å². The summed E-state index contributed by atoms with van der Waals surface area (Å²) >= 11 is 0. The zero-order chi connectivity index (χ0) is 18.4. The fourth-order valence-corrected chi connectivity index (χ4v) is 3.83. The Labute approximate surface area is 148 Å². The predicted molar refractivity (Wildman–Crippen MR) is 97.5 cm³/mol. The van der Waals surface area contributed by atoms with Crippen molar-refractivity contribution in [2.75, 3.05) is 25.5 Å². The van der Waals surface area contributed by atoms with Crippen LogP contribution in [0.2, 0.25) is 0 Å². The van der Waals surface area contributed by atoms with Crippen molar-refractivity contribution in [3.8, 4) is 5.75 Å². The van der Waals surface area contributed by atoms with E-state index < -0.39 is 10.0 Å². The van der Waals surface area contributed by atoms with E-state index in [2.05, 4.69) is 5.32 Å². The Balaban J connectivity index is 2.13. The van der Waals surface area contributed by atoms with E-state index in [9.17, 15) is 13.2 Å². The molecular weight excluding hydrogens is 340 g/mol. The average molecular weight is 362 g/mol. The highest BCUT2D eigenvalue weighted by Crippen LogP contribution is 2.19. The van der Waals surface area contributed by atoms with Gasteiger partial charge >= 0.3 is 0 Å². The van der Waals surface area contributed by atoms with Crippen LogP contribution < -0.4 is 10.1 Å². The van der Waals surface area contributed by atoms with Crippen molar-refractivity contribution in [3.05, 3.63) is 54.1 Å². The SMILES string of the molecule is CCN(CC)S(=O)(=O)c1ccc(NC(=O)c2ccc(OC)cc2)cc1. The Morgan fingerprint density at radius 2 is 1.56 bits per heavy atom. The van der Waals surface area contributed by atoms with Gasteiger partial charge in [0.1, 0.15) is 5.75 Å². The van der Waals surface area contributed by atoms with Crippen LogP contribution in [0.15, 0.2) is 53.4 Å². The number of sulfonamides is 1. The molecule has 0 aliphatic heterocycles. The van der Waals surface area contributed by atoms with Crippen LogP contribution in [-0.4, -0.2) is 38.8 Å². The van der Waals surface area contributed by atoms with Crippen molar-refractivity contribution in [1.29, 1.82) is 0 Å². The van der Waals surface area contributed by atoms with Crippen LogP contribution in [0.5, 0.6) is 5.75 Å². The minimum Gasteiger partial charge on any atom is -0.497 e. The Kier molecular flexibility index (Phi) is 6.17. The fourth-order valence-electron chi connectivity index (χ4n) is 2.37. The number of ether oxygens (including phenoxy) is 1. The van der Waals surface area contributed by atoms with Gasteiger partial charge in [-0.3, -0.25) is 4.79 Å². The lowest BCUT2D eigenvalue weighted by molar-refractivity contribution is 0.102. The van der Waals surface area contributed by atoms with Crippen molar-refractivity contribution in [2.45, 2.75) is 18.7 Å². The Morgan fingerprint density at radius 1 is 1.00 bits per heavy atom. The summed E-state index contributed by atoms with van der Waals surface area (Å²) in [6.07, 6.45) is 0. The van der Waals surface area contributed by atoms with Crippen LogP contribution in [-0.2, 0) is 10.0 Å². The van der Waals surface area contributed by atoms with Gasteiger partial charge < -0.3 is 10.1 Å².